The van der Waals surface area contributed by atoms with E-state index in [9.17, 15) is 4.79 Å². The quantitative estimate of drug-likeness (QED) is 0.823. The van der Waals surface area contributed by atoms with Crippen LogP contribution in [0.2, 0.25) is 0 Å². The van der Waals surface area contributed by atoms with Crippen LogP contribution in [0.25, 0.3) is 5.65 Å². The van der Waals surface area contributed by atoms with E-state index < -0.39 is 0 Å². The average Bonchev–Trinajstić information content (AvgIpc) is 3.02. The highest BCUT2D eigenvalue weighted by atomic mass is 35.5. The molecule has 7 nitrogen and oxygen atoms in total. The Morgan fingerprint density at radius 2 is 1.96 bits per heavy atom. The van der Waals surface area contributed by atoms with E-state index in [0.29, 0.717) is 24.5 Å². The highest BCUT2D eigenvalue weighted by molar-refractivity contribution is 5.97. The molecule has 1 fully saturated rings. The minimum atomic E-state index is -0.189. The second-order valence-corrected chi connectivity index (χ2v) is 5.80. The van der Waals surface area contributed by atoms with Crippen LogP contribution in [0.1, 0.15) is 23.3 Å². The number of nitrogens with zero attached hydrogens (tertiary/aromatic N) is 3. The summed E-state index contributed by atoms with van der Waals surface area (Å²) in [6.07, 6.45) is 8.82. The minimum Gasteiger partial charge on any atom is -0.384 e. The molecule has 0 spiro atoms. The van der Waals surface area contributed by atoms with Crippen molar-refractivity contribution in [1.82, 2.24) is 25.0 Å². The van der Waals surface area contributed by atoms with Gasteiger partial charge in [0.15, 0.2) is 11.3 Å². The first-order chi connectivity index (χ1) is 10.7. The van der Waals surface area contributed by atoms with Gasteiger partial charge in [-0.15, -0.1) is 24.8 Å². The maximum absolute atomic E-state index is 12.5. The summed E-state index contributed by atoms with van der Waals surface area (Å²) in [5.74, 6) is -0.189. The fraction of sp³-hybridized carbons (Fsp3) is 0.533. The van der Waals surface area contributed by atoms with Crippen LogP contribution in [-0.4, -0.2) is 53.6 Å². The Hall–Kier alpha value is -1.41. The molecule has 0 aliphatic carbocycles. The Labute approximate surface area is 153 Å². The molecule has 1 saturated heterocycles. The van der Waals surface area contributed by atoms with Gasteiger partial charge in [0.1, 0.15) is 0 Å². The zero-order valence-electron chi connectivity index (χ0n) is 13.5. The van der Waals surface area contributed by atoms with Gasteiger partial charge in [0.05, 0.1) is 6.61 Å². The molecular weight excluding hydrogens is 353 g/mol. The Morgan fingerprint density at radius 1 is 1.29 bits per heavy atom. The number of methoxy groups -OCH3 is 1. The van der Waals surface area contributed by atoms with Crippen LogP contribution in [-0.2, 0) is 4.74 Å². The van der Waals surface area contributed by atoms with E-state index >= 15 is 0 Å². The summed E-state index contributed by atoms with van der Waals surface area (Å²) in [5.41, 5.74) is 0.927. The summed E-state index contributed by atoms with van der Waals surface area (Å²) in [4.78, 5) is 20.8. The van der Waals surface area contributed by atoms with Gasteiger partial charge >= 0.3 is 0 Å². The van der Waals surface area contributed by atoms with E-state index in [2.05, 4.69) is 20.6 Å². The number of halogens is 2. The zero-order valence-corrected chi connectivity index (χ0v) is 15.2. The van der Waals surface area contributed by atoms with Gasteiger partial charge in [-0.3, -0.25) is 4.79 Å². The lowest BCUT2D eigenvalue weighted by Gasteiger charge is -2.37. The topological polar surface area (TPSA) is 80.5 Å². The maximum atomic E-state index is 12.5. The Morgan fingerprint density at radius 3 is 2.62 bits per heavy atom. The van der Waals surface area contributed by atoms with E-state index in [1.807, 2.05) is 0 Å². The summed E-state index contributed by atoms with van der Waals surface area (Å²) in [5, 5.41) is 6.36. The molecule has 1 amide bonds. The number of nitrogens with one attached hydrogen (secondary N) is 2. The van der Waals surface area contributed by atoms with Gasteiger partial charge in [-0.1, -0.05) is 0 Å². The second-order valence-electron chi connectivity index (χ2n) is 5.80. The highest BCUT2D eigenvalue weighted by Gasteiger charge is 2.32. The minimum absolute atomic E-state index is 0. The van der Waals surface area contributed by atoms with Gasteiger partial charge in [-0.25, -0.2) is 9.97 Å². The zero-order chi connectivity index (χ0) is 15.4. The van der Waals surface area contributed by atoms with E-state index in [0.717, 1.165) is 25.9 Å². The van der Waals surface area contributed by atoms with Crippen molar-refractivity contribution < 1.29 is 9.53 Å². The van der Waals surface area contributed by atoms with E-state index in [1.54, 1.807) is 36.3 Å². The fourth-order valence-electron chi connectivity index (χ4n) is 3.00. The SMILES string of the molecule is COCC1(CNC(=O)c2nccn3ccnc23)CCNCC1.Cl.Cl. The van der Waals surface area contributed by atoms with Crippen molar-refractivity contribution in [3.05, 3.63) is 30.5 Å². The van der Waals surface area contributed by atoms with E-state index in [4.69, 9.17) is 4.74 Å². The molecule has 0 radical (unpaired) electrons. The first kappa shape index (κ1) is 20.6. The molecule has 24 heavy (non-hydrogen) atoms. The molecule has 9 heteroatoms. The largest absolute Gasteiger partial charge is 0.384 e. The number of hydrogen-bond donors (Lipinski definition) is 2. The van der Waals surface area contributed by atoms with Crippen LogP contribution in [0.5, 0.6) is 0 Å². The van der Waals surface area contributed by atoms with Gasteiger partial charge in [0.2, 0.25) is 0 Å². The highest BCUT2D eigenvalue weighted by Crippen LogP contribution is 2.28. The number of fused-ring (bicyclic) bond motifs is 1. The average molecular weight is 376 g/mol. The van der Waals surface area contributed by atoms with Crippen LogP contribution in [0, 0.1) is 5.41 Å². The second kappa shape index (κ2) is 9.17. The smallest absolute Gasteiger partial charge is 0.273 e. The predicted octanol–water partition coefficient (Wildman–Crippen LogP) is 1.32. The van der Waals surface area contributed by atoms with E-state index in [-0.39, 0.29) is 36.1 Å². The standard InChI is InChI=1S/C15H21N5O2.2ClH/c1-22-11-15(2-4-16-5-3-15)10-19-14(21)12-13-18-7-9-20(13)8-6-17-12;;/h6-9,16H,2-5,10-11H2,1H3,(H,19,21);2*1H. The fourth-order valence-corrected chi connectivity index (χ4v) is 3.00. The summed E-state index contributed by atoms with van der Waals surface area (Å²) in [7, 11) is 1.71. The van der Waals surface area contributed by atoms with Crippen LogP contribution in [0.3, 0.4) is 0 Å². The van der Waals surface area contributed by atoms with Gasteiger partial charge in [-0.05, 0) is 25.9 Å². The van der Waals surface area contributed by atoms with Gasteiger partial charge in [0.25, 0.3) is 5.91 Å². The molecule has 0 unspecified atom stereocenters. The Bertz CT molecular complexity index is 653. The molecule has 0 saturated carbocycles. The summed E-state index contributed by atoms with van der Waals surface area (Å²) < 4.78 is 7.16. The molecule has 2 aromatic rings. The third kappa shape index (κ3) is 4.36. The molecule has 1 aliphatic heterocycles. The molecule has 1 aliphatic rings. The number of aromatic nitrogens is 3. The van der Waals surface area contributed by atoms with Crippen molar-refractivity contribution in [2.24, 2.45) is 5.41 Å². The third-order valence-corrected chi connectivity index (χ3v) is 4.27. The molecule has 0 aromatic carbocycles. The summed E-state index contributed by atoms with van der Waals surface area (Å²) in [6.45, 7) is 3.14. The first-order valence-corrected chi connectivity index (χ1v) is 7.50. The lowest BCUT2D eigenvalue weighted by atomic mass is 9.79. The van der Waals surface area contributed by atoms with Crippen LogP contribution in [0.4, 0.5) is 0 Å². The molecular formula is C15H23Cl2N5O2. The Kier molecular flexibility index (Phi) is 7.89. The number of hydrogen-bond acceptors (Lipinski definition) is 5. The van der Waals surface area contributed by atoms with Crippen molar-refractivity contribution in [1.29, 1.82) is 0 Å². The van der Waals surface area contributed by atoms with Crippen molar-refractivity contribution in [2.45, 2.75) is 12.8 Å². The third-order valence-electron chi connectivity index (χ3n) is 4.27. The lowest BCUT2D eigenvalue weighted by Crippen LogP contribution is -2.47. The van der Waals surface area contributed by atoms with Crippen molar-refractivity contribution in [2.75, 3.05) is 33.4 Å². The molecule has 0 bridgehead atoms. The molecule has 3 rings (SSSR count). The number of piperidine rings is 1. The maximum Gasteiger partial charge on any atom is 0.273 e. The number of carbonyl (C=O) groups is 1. The van der Waals surface area contributed by atoms with Crippen molar-refractivity contribution >= 4 is 36.4 Å². The summed E-state index contributed by atoms with van der Waals surface area (Å²) >= 11 is 0. The predicted molar refractivity (Wildman–Crippen MR) is 96.2 cm³/mol. The number of carbonyl (C=O) groups excluding carboxylic acids is 1. The van der Waals surface area contributed by atoms with Crippen LogP contribution < -0.4 is 10.6 Å². The van der Waals surface area contributed by atoms with Gasteiger partial charge < -0.3 is 19.8 Å². The molecule has 3 heterocycles. The van der Waals surface area contributed by atoms with Gasteiger partial charge in [0, 0.05) is 43.9 Å². The monoisotopic (exact) mass is 375 g/mol. The number of rotatable bonds is 5. The lowest BCUT2D eigenvalue weighted by molar-refractivity contribution is 0.0511. The van der Waals surface area contributed by atoms with E-state index in [1.165, 1.54) is 0 Å². The Balaban J connectivity index is 0.00000144. The molecule has 134 valence electrons. The van der Waals surface area contributed by atoms with Crippen LogP contribution >= 0.6 is 24.8 Å². The number of imidazole rings is 1. The number of amides is 1. The summed E-state index contributed by atoms with van der Waals surface area (Å²) in [6, 6.07) is 0. The normalized spacial score (nSPS) is 16.0. The van der Waals surface area contributed by atoms with Gasteiger partial charge in [-0.2, -0.15) is 0 Å². The molecule has 0 atom stereocenters. The van der Waals surface area contributed by atoms with Crippen LogP contribution in [0.15, 0.2) is 24.8 Å². The number of ether oxygens (including phenoxy) is 1. The van der Waals surface area contributed by atoms with Crippen molar-refractivity contribution in [3.63, 3.8) is 0 Å². The van der Waals surface area contributed by atoms with Crippen molar-refractivity contribution in [3.8, 4) is 0 Å². The first-order valence-electron chi connectivity index (χ1n) is 7.50. The molecule has 2 aromatic heterocycles. The molecule has 2 N–H and O–H groups in total.